The number of aryl methyl sites for hydroxylation is 1. The van der Waals surface area contributed by atoms with Gasteiger partial charge in [-0.2, -0.15) is 0 Å². The molecular weight excluding hydrogens is 160 g/mol. The van der Waals surface area contributed by atoms with E-state index in [9.17, 15) is 0 Å². The summed E-state index contributed by atoms with van der Waals surface area (Å²) in [6.45, 7) is 2.12. The van der Waals surface area contributed by atoms with Crippen molar-refractivity contribution in [1.29, 1.82) is 0 Å². The zero-order valence-corrected chi connectivity index (χ0v) is 7.62. The van der Waals surface area contributed by atoms with Gasteiger partial charge in [-0.25, -0.2) is 0 Å². The van der Waals surface area contributed by atoms with Crippen LogP contribution in [0.4, 0.5) is 5.69 Å². The Morgan fingerprint density at radius 2 is 2.23 bits per heavy atom. The topological polar surface area (TPSA) is 38.9 Å². The number of hydrogen-bond donors (Lipinski definition) is 1. The third-order valence-electron chi connectivity index (χ3n) is 2.20. The second-order valence-electron chi connectivity index (χ2n) is 3.11. The number of nitrogens with zero attached hydrogens (tertiary/aromatic N) is 1. The molecule has 2 aromatic rings. The smallest absolute Gasteiger partial charge is 0.0931 e. The highest BCUT2D eigenvalue weighted by atomic mass is 14.7. The van der Waals surface area contributed by atoms with E-state index < -0.39 is 0 Å². The predicted molar refractivity (Wildman–Crippen MR) is 55.5 cm³/mol. The van der Waals surface area contributed by atoms with Gasteiger partial charge in [0.05, 0.1) is 11.2 Å². The first-order valence-corrected chi connectivity index (χ1v) is 4.44. The number of rotatable bonds is 1. The van der Waals surface area contributed by atoms with Crippen LogP contribution in [0, 0.1) is 0 Å². The number of anilines is 1. The molecular formula is C11H12N2. The molecule has 2 heteroatoms. The van der Waals surface area contributed by atoms with Crippen molar-refractivity contribution in [3.05, 3.63) is 36.0 Å². The molecule has 13 heavy (non-hydrogen) atoms. The lowest BCUT2D eigenvalue weighted by Crippen LogP contribution is -1.91. The Balaban J connectivity index is 2.77. The minimum Gasteiger partial charge on any atom is -0.397 e. The lowest BCUT2D eigenvalue weighted by Gasteiger charge is -2.03. The van der Waals surface area contributed by atoms with Gasteiger partial charge in [0, 0.05) is 11.6 Å². The third kappa shape index (κ3) is 1.35. The van der Waals surface area contributed by atoms with Crippen molar-refractivity contribution in [2.45, 2.75) is 13.3 Å². The van der Waals surface area contributed by atoms with Gasteiger partial charge in [0.15, 0.2) is 0 Å². The summed E-state index contributed by atoms with van der Waals surface area (Å²) in [5.41, 5.74) is 8.81. The first-order chi connectivity index (χ1) is 6.31. The summed E-state index contributed by atoms with van der Waals surface area (Å²) in [7, 11) is 0. The molecule has 0 aliphatic heterocycles. The van der Waals surface area contributed by atoms with Gasteiger partial charge < -0.3 is 5.73 Å². The van der Waals surface area contributed by atoms with Crippen molar-refractivity contribution in [2.75, 3.05) is 5.73 Å². The van der Waals surface area contributed by atoms with E-state index >= 15 is 0 Å². The van der Waals surface area contributed by atoms with E-state index in [1.54, 1.807) is 6.20 Å². The number of benzene rings is 1. The third-order valence-corrected chi connectivity index (χ3v) is 2.20. The van der Waals surface area contributed by atoms with E-state index in [1.165, 1.54) is 5.56 Å². The van der Waals surface area contributed by atoms with Crippen LogP contribution in [0.2, 0.25) is 0 Å². The molecule has 2 nitrogen and oxygen atoms in total. The van der Waals surface area contributed by atoms with Crippen molar-refractivity contribution < 1.29 is 0 Å². The van der Waals surface area contributed by atoms with Gasteiger partial charge in [-0.15, -0.1) is 0 Å². The van der Waals surface area contributed by atoms with Crippen LogP contribution in [0.3, 0.4) is 0 Å². The van der Waals surface area contributed by atoms with Crippen LogP contribution >= 0.6 is 0 Å². The average Bonchev–Trinajstić information content (AvgIpc) is 2.18. The van der Waals surface area contributed by atoms with Crippen LogP contribution < -0.4 is 5.73 Å². The molecule has 0 aliphatic carbocycles. The van der Waals surface area contributed by atoms with Crippen LogP contribution in [0.1, 0.15) is 12.5 Å². The van der Waals surface area contributed by atoms with E-state index in [1.807, 2.05) is 18.2 Å². The minimum atomic E-state index is 0.773. The minimum absolute atomic E-state index is 0.773. The highest BCUT2D eigenvalue weighted by molar-refractivity contribution is 5.89. The first kappa shape index (κ1) is 8.05. The molecule has 1 aromatic carbocycles. The second kappa shape index (κ2) is 3.05. The number of aromatic nitrogens is 1. The Morgan fingerprint density at radius 1 is 1.38 bits per heavy atom. The Hall–Kier alpha value is -1.57. The molecule has 0 aliphatic rings. The van der Waals surface area contributed by atoms with Gasteiger partial charge in [-0.3, -0.25) is 4.98 Å². The van der Waals surface area contributed by atoms with Crippen molar-refractivity contribution in [1.82, 2.24) is 4.98 Å². The monoisotopic (exact) mass is 172 g/mol. The molecule has 0 fully saturated rings. The van der Waals surface area contributed by atoms with E-state index in [2.05, 4.69) is 18.0 Å². The van der Waals surface area contributed by atoms with E-state index in [-0.39, 0.29) is 0 Å². The lowest BCUT2D eigenvalue weighted by molar-refractivity contribution is 1.15. The summed E-state index contributed by atoms with van der Waals surface area (Å²) >= 11 is 0. The first-order valence-electron chi connectivity index (χ1n) is 4.44. The maximum absolute atomic E-state index is 5.87. The number of nitrogen functional groups attached to an aromatic ring is 1. The average molecular weight is 172 g/mol. The number of hydrogen-bond acceptors (Lipinski definition) is 2. The maximum Gasteiger partial charge on any atom is 0.0931 e. The molecule has 2 rings (SSSR count). The molecule has 0 spiro atoms. The van der Waals surface area contributed by atoms with E-state index in [4.69, 9.17) is 5.73 Å². The predicted octanol–water partition coefficient (Wildman–Crippen LogP) is 2.38. The zero-order chi connectivity index (χ0) is 9.26. The normalized spacial score (nSPS) is 10.5. The van der Waals surface area contributed by atoms with Crippen LogP contribution in [0.15, 0.2) is 30.5 Å². The van der Waals surface area contributed by atoms with Crippen LogP contribution in [0.5, 0.6) is 0 Å². The fourth-order valence-corrected chi connectivity index (χ4v) is 1.49. The second-order valence-corrected chi connectivity index (χ2v) is 3.11. The highest BCUT2D eigenvalue weighted by Gasteiger charge is 1.99. The summed E-state index contributed by atoms with van der Waals surface area (Å²) in [4.78, 5) is 4.23. The molecule has 0 bridgehead atoms. The molecule has 1 heterocycles. The summed E-state index contributed by atoms with van der Waals surface area (Å²) in [5.74, 6) is 0. The van der Waals surface area contributed by atoms with Crippen molar-refractivity contribution in [3.8, 4) is 0 Å². The van der Waals surface area contributed by atoms with Gasteiger partial charge in [-0.1, -0.05) is 13.0 Å². The summed E-state index contributed by atoms with van der Waals surface area (Å²) in [6, 6.07) is 8.10. The maximum atomic E-state index is 5.87. The SMILES string of the molecule is CCc1cc(N)c2ncccc2c1. The van der Waals surface area contributed by atoms with E-state index in [0.717, 1.165) is 23.0 Å². The van der Waals surface area contributed by atoms with E-state index in [0.29, 0.717) is 0 Å². The molecule has 0 saturated heterocycles. The Labute approximate surface area is 77.4 Å². The molecule has 0 radical (unpaired) electrons. The molecule has 2 N–H and O–H groups in total. The molecule has 1 aromatic heterocycles. The van der Waals surface area contributed by atoms with Crippen molar-refractivity contribution in [2.24, 2.45) is 0 Å². The Morgan fingerprint density at radius 3 is 3.00 bits per heavy atom. The summed E-state index contributed by atoms with van der Waals surface area (Å²) in [5, 5.41) is 1.12. The van der Waals surface area contributed by atoms with Crippen LogP contribution in [-0.4, -0.2) is 4.98 Å². The summed E-state index contributed by atoms with van der Waals surface area (Å²) in [6.07, 6.45) is 2.78. The van der Waals surface area contributed by atoms with Gasteiger partial charge in [0.1, 0.15) is 0 Å². The summed E-state index contributed by atoms with van der Waals surface area (Å²) < 4.78 is 0. The number of nitrogens with two attached hydrogens (primary N) is 1. The number of pyridine rings is 1. The number of fused-ring (bicyclic) bond motifs is 1. The van der Waals surface area contributed by atoms with Crippen molar-refractivity contribution in [3.63, 3.8) is 0 Å². The largest absolute Gasteiger partial charge is 0.397 e. The van der Waals surface area contributed by atoms with Gasteiger partial charge in [-0.05, 0) is 30.2 Å². The quantitative estimate of drug-likeness (QED) is 0.671. The fraction of sp³-hybridized carbons (Fsp3) is 0.182. The molecule has 0 atom stereocenters. The standard InChI is InChI=1S/C11H12N2/c1-2-8-6-9-4-3-5-13-11(9)10(12)7-8/h3-7H,2,12H2,1H3. The zero-order valence-electron chi connectivity index (χ0n) is 7.62. The van der Waals surface area contributed by atoms with Gasteiger partial charge in [0.25, 0.3) is 0 Å². The lowest BCUT2D eigenvalue weighted by atomic mass is 10.1. The molecule has 0 amide bonds. The molecule has 0 unspecified atom stereocenters. The van der Waals surface area contributed by atoms with Crippen molar-refractivity contribution >= 4 is 16.6 Å². The molecule has 0 saturated carbocycles. The highest BCUT2D eigenvalue weighted by Crippen LogP contribution is 2.20. The van der Waals surface area contributed by atoms with Gasteiger partial charge >= 0.3 is 0 Å². The fourth-order valence-electron chi connectivity index (χ4n) is 1.49. The van der Waals surface area contributed by atoms with Gasteiger partial charge in [0.2, 0.25) is 0 Å². The molecule has 66 valence electrons. The Bertz CT molecular complexity index is 435. The Kier molecular flexibility index (Phi) is 1.89. The van der Waals surface area contributed by atoms with Crippen LogP contribution in [-0.2, 0) is 6.42 Å². The van der Waals surface area contributed by atoms with Crippen LogP contribution in [0.25, 0.3) is 10.9 Å².